The Morgan fingerprint density at radius 3 is 2.89 bits per heavy atom. The van der Waals surface area contributed by atoms with Gasteiger partial charge in [-0.25, -0.2) is 4.79 Å². The normalized spacial score (nSPS) is 10.5. The SMILES string of the molecule is Cc1ccc(Nc2nnc(SCC(=O)NC(=O)NCc3ccco3)s2)cc1Cl. The van der Waals surface area contributed by atoms with Gasteiger partial charge >= 0.3 is 6.03 Å². The molecular weight excluding hydrogens is 422 g/mol. The van der Waals surface area contributed by atoms with Crippen LogP contribution in [0.25, 0.3) is 0 Å². The average Bonchev–Trinajstić information content (AvgIpc) is 3.33. The van der Waals surface area contributed by atoms with Crippen molar-refractivity contribution in [2.75, 3.05) is 11.1 Å². The van der Waals surface area contributed by atoms with Crippen LogP contribution in [-0.4, -0.2) is 27.9 Å². The summed E-state index contributed by atoms with van der Waals surface area (Å²) in [6, 6.07) is 8.46. The molecule has 0 unspecified atom stereocenters. The van der Waals surface area contributed by atoms with Gasteiger partial charge in [-0.3, -0.25) is 10.1 Å². The average molecular weight is 438 g/mol. The van der Waals surface area contributed by atoms with Crippen molar-refractivity contribution in [3.8, 4) is 0 Å². The monoisotopic (exact) mass is 437 g/mol. The standard InChI is InChI=1S/C17H16ClN5O3S2/c1-10-4-5-11(7-13(10)18)20-16-22-23-17(28-16)27-9-14(24)21-15(25)19-8-12-3-2-6-26-12/h2-7H,8-9H2,1H3,(H,20,22)(H2,19,21,24,25). The van der Waals surface area contributed by atoms with Crippen molar-refractivity contribution >= 4 is 57.5 Å². The highest BCUT2D eigenvalue weighted by Crippen LogP contribution is 2.29. The Balaban J connectivity index is 1.42. The van der Waals surface area contributed by atoms with E-state index in [1.807, 2.05) is 19.1 Å². The van der Waals surface area contributed by atoms with E-state index in [0.717, 1.165) is 11.3 Å². The summed E-state index contributed by atoms with van der Waals surface area (Å²) >= 11 is 8.60. The number of aryl methyl sites for hydroxylation is 1. The fraction of sp³-hybridized carbons (Fsp3) is 0.176. The molecule has 3 amide bonds. The number of furan rings is 1. The van der Waals surface area contributed by atoms with E-state index in [4.69, 9.17) is 16.0 Å². The number of thioether (sulfide) groups is 1. The Morgan fingerprint density at radius 2 is 2.14 bits per heavy atom. The van der Waals surface area contributed by atoms with Gasteiger partial charge in [0.25, 0.3) is 0 Å². The van der Waals surface area contributed by atoms with Gasteiger partial charge in [0.15, 0.2) is 4.34 Å². The number of halogens is 1. The minimum atomic E-state index is -0.585. The first-order valence-electron chi connectivity index (χ1n) is 8.09. The number of nitrogens with zero attached hydrogens (tertiary/aromatic N) is 2. The number of benzene rings is 1. The summed E-state index contributed by atoms with van der Waals surface area (Å²) in [7, 11) is 0. The van der Waals surface area contributed by atoms with Gasteiger partial charge in [0.05, 0.1) is 18.6 Å². The molecule has 0 spiro atoms. The third-order valence-corrected chi connectivity index (χ3v) is 5.79. The van der Waals surface area contributed by atoms with Crippen LogP contribution in [0.2, 0.25) is 5.02 Å². The Bertz CT molecular complexity index is 962. The number of carbonyl (C=O) groups excluding carboxylic acids is 2. The lowest BCUT2D eigenvalue weighted by molar-refractivity contribution is -0.117. The van der Waals surface area contributed by atoms with Crippen LogP contribution in [0.15, 0.2) is 45.4 Å². The van der Waals surface area contributed by atoms with Crippen LogP contribution in [0, 0.1) is 6.92 Å². The molecular formula is C17H16ClN5O3S2. The molecule has 0 fully saturated rings. The lowest BCUT2D eigenvalue weighted by atomic mass is 10.2. The van der Waals surface area contributed by atoms with Crippen molar-refractivity contribution in [3.63, 3.8) is 0 Å². The van der Waals surface area contributed by atoms with Crippen molar-refractivity contribution in [1.29, 1.82) is 0 Å². The van der Waals surface area contributed by atoms with Crippen LogP contribution >= 0.6 is 34.7 Å². The summed E-state index contributed by atoms with van der Waals surface area (Å²) in [5.41, 5.74) is 1.79. The summed E-state index contributed by atoms with van der Waals surface area (Å²) in [6.45, 7) is 2.13. The molecule has 3 aromatic rings. The molecule has 1 aromatic carbocycles. The second-order valence-corrected chi connectivity index (χ2v) is 8.17. The number of amides is 3. The van der Waals surface area contributed by atoms with Gasteiger partial charge in [0.2, 0.25) is 11.0 Å². The molecule has 2 aromatic heterocycles. The van der Waals surface area contributed by atoms with Crippen LogP contribution in [0.3, 0.4) is 0 Å². The summed E-state index contributed by atoms with van der Waals surface area (Å²) in [5.74, 6) is 0.205. The zero-order chi connectivity index (χ0) is 19.9. The predicted octanol–water partition coefficient (Wildman–Crippen LogP) is 3.95. The summed E-state index contributed by atoms with van der Waals surface area (Å²) in [5, 5.41) is 17.2. The van der Waals surface area contributed by atoms with E-state index in [1.54, 1.807) is 18.2 Å². The smallest absolute Gasteiger partial charge is 0.321 e. The van der Waals surface area contributed by atoms with Gasteiger partial charge in [-0.2, -0.15) is 0 Å². The highest BCUT2D eigenvalue weighted by atomic mass is 35.5. The van der Waals surface area contributed by atoms with Crippen LogP contribution in [0.5, 0.6) is 0 Å². The predicted molar refractivity (Wildman–Crippen MR) is 109 cm³/mol. The first-order chi connectivity index (χ1) is 13.5. The van der Waals surface area contributed by atoms with E-state index in [2.05, 4.69) is 26.1 Å². The van der Waals surface area contributed by atoms with Crippen LogP contribution in [0.1, 0.15) is 11.3 Å². The Kier molecular flexibility index (Phi) is 6.90. The maximum atomic E-state index is 11.9. The van der Waals surface area contributed by atoms with Crippen molar-refractivity contribution in [2.45, 2.75) is 17.8 Å². The van der Waals surface area contributed by atoms with Crippen molar-refractivity contribution in [1.82, 2.24) is 20.8 Å². The van der Waals surface area contributed by atoms with Crippen molar-refractivity contribution < 1.29 is 14.0 Å². The van der Waals surface area contributed by atoms with Gasteiger partial charge in [0, 0.05) is 10.7 Å². The number of rotatable bonds is 7. The Morgan fingerprint density at radius 1 is 1.29 bits per heavy atom. The maximum Gasteiger partial charge on any atom is 0.321 e. The molecule has 0 radical (unpaired) electrons. The van der Waals surface area contributed by atoms with Gasteiger partial charge in [-0.1, -0.05) is 40.8 Å². The van der Waals surface area contributed by atoms with E-state index in [1.165, 1.54) is 29.4 Å². The van der Waals surface area contributed by atoms with E-state index in [-0.39, 0.29) is 12.3 Å². The molecule has 146 valence electrons. The summed E-state index contributed by atoms with van der Waals surface area (Å²) in [4.78, 5) is 23.5. The first-order valence-corrected chi connectivity index (χ1v) is 10.3. The lowest BCUT2D eigenvalue weighted by Gasteiger charge is -2.04. The number of hydrogen-bond acceptors (Lipinski definition) is 8. The minimum absolute atomic E-state index is 0.0408. The number of anilines is 2. The lowest BCUT2D eigenvalue weighted by Crippen LogP contribution is -2.39. The largest absolute Gasteiger partial charge is 0.467 e. The molecule has 0 aliphatic carbocycles. The number of nitrogens with one attached hydrogen (secondary N) is 3. The highest BCUT2D eigenvalue weighted by Gasteiger charge is 2.11. The third kappa shape index (κ3) is 5.98. The fourth-order valence-corrected chi connectivity index (χ4v) is 3.78. The minimum Gasteiger partial charge on any atom is -0.467 e. The first kappa shape index (κ1) is 20.2. The number of carbonyl (C=O) groups is 2. The maximum absolute atomic E-state index is 11.9. The second-order valence-electron chi connectivity index (χ2n) is 5.56. The van der Waals surface area contributed by atoms with Crippen LogP contribution in [-0.2, 0) is 11.3 Å². The quantitative estimate of drug-likeness (QED) is 0.480. The van der Waals surface area contributed by atoms with Gasteiger partial charge in [-0.15, -0.1) is 10.2 Å². The van der Waals surface area contributed by atoms with Crippen LogP contribution < -0.4 is 16.0 Å². The van der Waals surface area contributed by atoms with Crippen LogP contribution in [0.4, 0.5) is 15.6 Å². The topological polar surface area (TPSA) is 109 Å². The molecule has 2 heterocycles. The zero-order valence-corrected chi connectivity index (χ0v) is 17.1. The molecule has 0 saturated carbocycles. The molecule has 11 heteroatoms. The highest BCUT2D eigenvalue weighted by molar-refractivity contribution is 8.01. The molecule has 0 aliphatic rings. The van der Waals surface area contributed by atoms with E-state index >= 15 is 0 Å². The van der Waals surface area contributed by atoms with Crippen molar-refractivity contribution in [3.05, 3.63) is 52.9 Å². The molecule has 3 rings (SSSR count). The number of imide groups is 1. The molecule has 0 saturated heterocycles. The van der Waals surface area contributed by atoms with E-state index in [0.29, 0.717) is 20.3 Å². The molecule has 28 heavy (non-hydrogen) atoms. The molecule has 0 aliphatic heterocycles. The van der Waals surface area contributed by atoms with Gasteiger partial charge in [-0.05, 0) is 36.8 Å². The Labute approximate surface area is 174 Å². The molecule has 0 atom stereocenters. The molecule has 0 bridgehead atoms. The summed E-state index contributed by atoms with van der Waals surface area (Å²) < 4.78 is 5.70. The molecule has 8 nitrogen and oxygen atoms in total. The molecule has 3 N–H and O–H groups in total. The second kappa shape index (κ2) is 9.58. The third-order valence-electron chi connectivity index (χ3n) is 3.41. The number of urea groups is 1. The van der Waals surface area contributed by atoms with E-state index in [9.17, 15) is 9.59 Å². The Hall–Kier alpha value is -2.56. The van der Waals surface area contributed by atoms with Gasteiger partial charge in [0.1, 0.15) is 5.76 Å². The number of aromatic nitrogens is 2. The number of hydrogen-bond donors (Lipinski definition) is 3. The zero-order valence-electron chi connectivity index (χ0n) is 14.7. The van der Waals surface area contributed by atoms with E-state index < -0.39 is 11.9 Å². The fourth-order valence-electron chi connectivity index (χ4n) is 2.03. The summed E-state index contributed by atoms with van der Waals surface area (Å²) in [6.07, 6.45) is 1.51. The van der Waals surface area contributed by atoms with Crippen molar-refractivity contribution in [2.24, 2.45) is 0 Å². The van der Waals surface area contributed by atoms with Gasteiger partial charge < -0.3 is 15.1 Å².